The molecule has 3 N–H and O–H groups in total. The molecule has 0 spiro atoms. The highest BCUT2D eigenvalue weighted by atomic mass is 19.1. The number of aromatic nitrogens is 1. The van der Waals surface area contributed by atoms with Crippen molar-refractivity contribution in [2.75, 3.05) is 5.32 Å². The number of anilines is 1. The third-order valence-electron chi connectivity index (χ3n) is 5.09. The summed E-state index contributed by atoms with van der Waals surface area (Å²) in [5.41, 5.74) is 1.49. The van der Waals surface area contributed by atoms with Gasteiger partial charge in [0.25, 0.3) is 11.8 Å². The van der Waals surface area contributed by atoms with Crippen LogP contribution < -0.4 is 15.4 Å². The summed E-state index contributed by atoms with van der Waals surface area (Å²) >= 11 is 0. The monoisotopic (exact) mass is 489 g/mol. The fraction of sp³-hybridized carbons (Fsp3) is 0.0741. The molecule has 4 rings (SSSR count). The number of rotatable bonds is 8. The number of carbonyl (C=O) groups is 2. The summed E-state index contributed by atoms with van der Waals surface area (Å²) < 4.78 is 32.4. The van der Waals surface area contributed by atoms with Crippen LogP contribution in [0.4, 0.5) is 14.5 Å². The Morgan fingerprint density at radius 1 is 0.889 bits per heavy atom. The number of amides is 2. The van der Waals surface area contributed by atoms with E-state index in [9.17, 15) is 23.5 Å². The molecule has 3 aromatic carbocycles. The minimum absolute atomic E-state index is 0.00708. The van der Waals surface area contributed by atoms with Crippen molar-refractivity contribution in [3.8, 4) is 11.5 Å². The first-order chi connectivity index (χ1) is 17.4. The van der Waals surface area contributed by atoms with E-state index in [4.69, 9.17) is 4.74 Å². The van der Waals surface area contributed by atoms with E-state index in [0.717, 1.165) is 23.4 Å². The summed E-state index contributed by atoms with van der Waals surface area (Å²) in [5, 5.41) is 15.4. The second-order valence-corrected chi connectivity index (χ2v) is 7.78. The number of hydrogen-bond donors (Lipinski definition) is 3. The fourth-order valence-electron chi connectivity index (χ4n) is 3.35. The van der Waals surface area contributed by atoms with E-state index >= 15 is 0 Å². The first-order valence-corrected chi connectivity index (χ1v) is 10.9. The Labute approximate surface area is 205 Å². The van der Waals surface area contributed by atoms with Gasteiger partial charge in [-0.3, -0.25) is 14.6 Å². The van der Waals surface area contributed by atoms with E-state index in [1.165, 1.54) is 18.2 Å². The molecule has 182 valence electrons. The summed E-state index contributed by atoms with van der Waals surface area (Å²) in [6, 6.07) is 19.1. The summed E-state index contributed by atoms with van der Waals surface area (Å²) in [7, 11) is 0. The molecule has 0 unspecified atom stereocenters. The zero-order valence-electron chi connectivity index (χ0n) is 18.9. The van der Waals surface area contributed by atoms with E-state index in [1.54, 1.807) is 24.4 Å². The molecule has 0 aliphatic heterocycles. The number of nitrogens with zero attached hydrogens (tertiary/aromatic N) is 1. The maximum absolute atomic E-state index is 13.3. The van der Waals surface area contributed by atoms with Crippen LogP contribution in [0.5, 0.6) is 11.5 Å². The highest BCUT2D eigenvalue weighted by Crippen LogP contribution is 2.23. The van der Waals surface area contributed by atoms with Gasteiger partial charge in [0.15, 0.2) is 0 Å². The van der Waals surface area contributed by atoms with Gasteiger partial charge in [0, 0.05) is 36.1 Å². The number of ether oxygens (including phenoxy) is 1. The molecular formula is C27H21F2N3O4. The molecule has 0 aliphatic carbocycles. The van der Waals surface area contributed by atoms with Gasteiger partial charge in [-0.05, 0) is 54.1 Å². The number of aromatic hydroxyl groups is 1. The molecule has 0 aliphatic rings. The van der Waals surface area contributed by atoms with Crippen molar-refractivity contribution in [1.82, 2.24) is 10.3 Å². The van der Waals surface area contributed by atoms with Crippen LogP contribution in [-0.2, 0) is 13.2 Å². The number of phenolic OH excluding ortho intramolecular Hbond substituents is 1. The standard InChI is InChI=1S/C27H21F2N3O4/c28-19-11-18(12-20(29)13-19)26(34)32-21-7-8-24(25(33)14-21)27(35)31-15-17-4-3-6-23(10-17)36-16-22-5-1-2-9-30-22/h1-14,33H,15-16H2,(H,31,35)(H,32,34). The van der Waals surface area contributed by atoms with Crippen LogP contribution in [0.25, 0.3) is 0 Å². The maximum Gasteiger partial charge on any atom is 0.255 e. The van der Waals surface area contributed by atoms with Crippen LogP contribution in [-0.4, -0.2) is 21.9 Å². The average Bonchev–Trinajstić information content (AvgIpc) is 2.86. The predicted octanol–water partition coefficient (Wildman–Crippen LogP) is 4.83. The molecule has 0 radical (unpaired) electrons. The largest absolute Gasteiger partial charge is 0.507 e. The third-order valence-corrected chi connectivity index (χ3v) is 5.09. The van der Waals surface area contributed by atoms with Crippen molar-refractivity contribution in [3.63, 3.8) is 0 Å². The second kappa shape index (κ2) is 11.1. The zero-order valence-corrected chi connectivity index (χ0v) is 18.9. The zero-order chi connectivity index (χ0) is 25.5. The van der Waals surface area contributed by atoms with Crippen molar-refractivity contribution in [2.45, 2.75) is 13.2 Å². The quantitative estimate of drug-likeness (QED) is 0.329. The Balaban J connectivity index is 1.34. The van der Waals surface area contributed by atoms with Gasteiger partial charge in [-0.2, -0.15) is 0 Å². The van der Waals surface area contributed by atoms with Crippen LogP contribution in [0.1, 0.15) is 32.0 Å². The van der Waals surface area contributed by atoms with Gasteiger partial charge in [-0.1, -0.05) is 18.2 Å². The number of hydrogen-bond acceptors (Lipinski definition) is 5. The lowest BCUT2D eigenvalue weighted by molar-refractivity contribution is 0.0947. The molecule has 1 heterocycles. The molecule has 0 saturated heterocycles. The summed E-state index contributed by atoms with van der Waals surface area (Å²) in [4.78, 5) is 29.0. The van der Waals surface area contributed by atoms with E-state index in [1.807, 2.05) is 24.3 Å². The molecule has 0 fully saturated rings. The van der Waals surface area contributed by atoms with Gasteiger partial charge < -0.3 is 20.5 Å². The second-order valence-electron chi connectivity index (χ2n) is 7.78. The van der Waals surface area contributed by atoms with Gasteiger partial charge in [0.1, 0.15) is 29.7 Å². The number of pyridine rings is 1. The van der Waals surface area contributed by atoms with Crippen LogP contribution in [0.15, 0.2) is 85.1 Å². The minimum atomic E-state index is -0.889. The number of benzene rings is 3. The van der Waals surface area contributed by atoms with Crippen LogP contribution in [0, 0.1) is 11.6 Å². The van der Waals surface area contributed by atoms with Gasteiger partial charge >= 0.3 is 0 Å². The SMILES string of the molecule is O=C(Nc1ccc(C(=O)NCc2cccc(OCc3ccccn3)c2)c(O)c1)c1cc(F)cc(F)c1. The molecule has 4 aromatic rings. The van der Waals surface area contributed by atoms with Gasteiger partial charge in [0.2, 0.25) is 0 Å². The Bertz CT molecular complexity index is 1380. The minimum Gasteiger partial charge on any atom is -0.507 e. The Kier molecular flexibility index (Phi) is 7.50. The van der Waals surface area contributed by atoms with Crippen molar-refractivity contribution >= 4 is 17.5 Å². The Hall–Kier alpha value is -4.79. The lowest BCUT2D eigenvalue weighted by Crippen LogP contribution is -2.23. The molecule has 9 heteroatoms. The number of halogens is 2. The highest BCUT2D eigenvalue weighted by molar-refractivity contribution is 6.05. The van der Waals surface area contributed by atoms with Gasteiger partial charge in [-0.25, -0.2) is 8.78 Å². The van der Waals surface area contributed by atoms with Crippen LogP contribution >= 0.6 is 0 Å². The average molecular weight is 489 g/mol. The number of phenols is 1. The van der Waals surface area contributed by atoms with E-state index < -0.39 is 23.4 Å². The molecular weight excluding hydrogens is 468 g/mol. The topological polar surface area (TPSA) is 101 Å². The van der Waals surface area contributed by atoms with E-state index in [-0.39, 0.29) is 29.1 Å². The third kappa shape index (κ3) is 6.41. The van der Waals surface area contributed by atoms with Gasteiger partial charge in [0.05, 0.1) is 11.3 Å². The van der Waals surface area contributed by atoms with Crippen molar-refractivity contribution in [3.05, 3.63) is 119 Å². The fourth-order valence-corrected chi connectivity index (χ4v) is 3.35. The molecule has 0 bridgehead atoms. The lowest BCUT2D eigenvalue weighted by Gasteiger charge is -2.11. The van der Waals surface area contributed by atoms with Crippen molar-refractivity contribution in [2.24, 2.45) is 0 Å². The Morgan fingerprint density at radius 2 is 1.69 bits per heavy atom. The molecule has 0 saturated carbocycles. The predicted molar refractivity (Wildman–Crippen MR) is 129 cm³/mol. The van der Waals surface area contributed by atoms with E-state index in [2.05, 4.69) is 15.6 Å². The first kappa shape index (κ1) is 24.3. The summed E-state index contributed by atoms with van der Waals surface area (Å²) in [5.74, 6) is -2.83. The number of nitrogens with one attached hydrogen (secondary N) is 2. The van der Waals surface area contributed by atoms with Crippen LogP contribution in [0.3, 0.4) is 0 Å². The smallest absolute Gasteiger partial charge is 0.255 e. The molecule has 0 atom stereocenters. The highest BCUT2D eigenvalue weighted by Gasteiger charge is 2.14. The maximum atomic E-state index is 13.3. The molecule has 2 amide bonds. The first-order valence-electron chi connectivity index (χ1n) is 10.9. The van der Waals surface area contributed by atoms with Crippen LogP contribution in [0.2, 0.25) is 0 Å². The normalized spacial score (nSPS) is 10.5. The van der Waals surface area contributed by atoms with Gasteiger partial charge in [-0.15, -0.1) is 0 Å². The van der Waals surface area contributed by atoms with Crippen molar-refractivity contribution < 1.29 is 28.2 Å². The lowest BCUT2D eigenvalue weighted by atomic mass is 10.1. The summed E-state index contributed by atoms with van der Waals surface area (Å²) in [6.07, 6.45) is 1.69. The summed E-state index contributed by atoms with van der Waals surface area (Å²) in [6.45, 7) is 0.490. The Morgan fingerprint density at radius 3 is 2.42 bits per heavy atom. The molecule has 36 heavy (non-hydrogen) atoms. The molecule has 7 nitrogen and oxygen atoms in total. The molecule has 1 aromatic heterocycles. The van der Waals surface area contributed by atoms with E-state index in [0.29, 0.717) is 18.4 Å². The number of carbonyl (C=O) groups excluding carboxylic acids is 2. The van der Waals surface area contributed by atoms with Crippen molar-refractivity contribution in [1.29, 1.82) is 0 Å².